The second-order valence-electron chi connectivity index (χ2n) is 7.67. The van der Waals surface area contributed by atoms with Gasteiger partial charge in [-0.3, -0.25) is 9.59 Å². The van der Waals surface area contributed by atoms with Crippen LogP contribution >= 0.6 is 0 Å². The van der Waals surface area contributed by atoms with E-state index in [1.54, 1.807) is 6.07 Å². The smallest absolute Gasteiger partial charge is 0.251 e. The summed E-state index contributed by atoms with van der Waals surface area (Å²) in [5.74, 6) is 0.175. The summed E-state index contributed by atoms with van der Waals surface area (Å²) in [4.78, 5) is 23.5. The molecule has 0 saturated carbocycles. The summed E-state index contributed by atoms with van der Waals surface area (Å²) in [6, 6.07) is 12.2. The second-order valence-corrected chi connectivity index (χ2v) is 7.67. The van der Waals surface area contributed by atoms with Gasteiger partial charge in [-0.05, 0) is 29.5 Å². The monoisotopic (exact) mass is 403 g/mol. The van der Waals surface area contributed by atoms with Gasteiger partial charge >= 0.3 is 0 Å². The van der Waals surface area contributed by atoms with E-state index < -0.39 is 11.8 Å². The van der Waals surface area contributed by atoms with Gasteiger partial charge in [0.05, 0.1) is 17.9 Å². The maximum atomic E-state index is 12.6. The Morgan fingerprint density at radius 3 is 2.57 bits per heavy atom. The van der Waals surface area contributed by atoms with Crippen molar-refractivity contribution in [1.82, 2.24) is 0 Å². The van der Waals surface area contributed by atoms with Gasteiger partial charge in [0, 0.05) is 29.5 Å². The minimum absolute atomic E-state index is 0.0445. The molecule has 1 aliphatic rings. The molecule has 0 bridgehead atoms. The highest BCUT2D eigenvalue weighted by Crippen LogP contribution is 2.42. The number of nitriles is 1. The Hall–Kier alpha value is -3.59. The van der Waals surface area contributed by atoms with E-state index in [4.69, 9.17) is 10.5 Å². The number of nitrogens with zero attached hydrogens (tertiary/aromatic N) is 1. The van der Waals surface area contributed by atoms with Crippen LogP contribution in [0, 0.1) is 11.3 Å². The first-order valence-corrected chi connectivity index (χ1v) is 9.92. The highest BCUT2D eigenvalue weighted by Gasteiger charge is 2.25. The number of nitrogens with two attached hydrogens (primary N) is 1. The molecular formula is C24H25N3O3. The number of nitrogens with one attached hydrogen (secondary N) is 1. The molecule has 1 aliphatic heterocycles. The number of primary amides is 1. The summed E-state index contributed by atoms with van der Waals surface area (Å²) in [6.07, 6.45) is 0.811. The SMILES string of the molecule is C=C(CCC(N)=O)C(=O)Nc1cc(-c2ccc(C(C)C)cc2)c2c(c1C#N)CCO2. The van der Waals surface area contributed by atoms with Crippen molar-refractivity contribution in [3.63, 3.8) is 0 Å². The molecule has 3 N–H and O–H groups in total. The van der Waals surface area contributed by atoms with Crippen molar-refractivity contribution in [2.24, 2.45) is 5.73 Å². The Bertz CT molecular complexity index is 1050. The number of hydrogen-bond donors (Lipinski definition) is 2. The van der Waals surface area contributed by atoms with Gasteiger partial charge in [0.2, 0.25) is 5.91 Å². The average molecular weight is 403 g/mol. The highest BCUT2D eigenvalue weighted by atomic mass is 16.5. The van der Waals surface area contributed by atoms with Crippen molar-refractivity contribution in [2.45, 2.75) is 39.0 Å². The van der Waals surface area contributed by atoms with Crippen molar-refractivity contribution in [1.29, 1.82) is 5.26 Å². The molecule has 0 fully saturated rings. The van der Waals surface area contributed by atoms with Crippen LogP contribution < -0.4 is 15.8 Å². The maximum absolute atomic E-state index is 12.6. The van der Waals surface area contributed by atoms with Gasteiger partial charge in [-0.1, -0.05) is 44.7 Å². The van der Waals surface area contributed by atoms with E-state index >= 15 is 0 Å². The molecule has 154 valence electrons. The predicted molar refractivity (Wildman–Crippen MR) is 116 cm³/mol. The van der Waals surface area contributed by atoms with Crippen LogP contribution in [0.2, 0.25) is 0 Å². The van der Waals surface area contributed by atoms with Crippen molar-refractivity contribution >= 4 is 17.5 Å². The largest absolute Gasteiger partial charge is 0.492 e. The van der Waals surface area contributed by atoms with E-state index in [2.05, 4.69) is 43.9 Å². The molecule has 3 rings (SSSR count). The maximum Gasteiger partial charge on any atom is 0.251 e. The van der Waals surface area contributed by atoms with Crippen molar-refractivity contribution in [3.8, 4) is 22.9 Å². The lowest BCUT2D eigenvalue weighted by Gasteiger charge is -2.16. The van der Waals surface area contributed by atoms with E-state index in [0.29, 0.717) is 35.9 Å². The molecule has 30 heavy (non-hydrogen) atoms. The van der Waals surface area contributed by atoms with Crippen molar-refractivity contribution in [3.05, 3.63) is 59.2 Å². The fourth-order valence-corrected chi connectivity index (χ4v) is 3.47. The Kier molecular flexibility index (Phi) is 6.22. The number of ether oxygens (including phenoxy) is 1. The molecule has 2 aromatic rings. The van der Waals surface area contributed by atoms with Crippen LogP contribution in [0.3, 0.4) is 0 Å². The van der Waals surface area contributed by atoms with Gasteiger partial charge < -0.3 is 15.8 Å². The minimum atomic E-state index is -0.497. The Balaban J connectivity index is 1.99. The zero-order valence-electron chi connectivity index (χ0n) is 17.2. The zero-order chi connectivity index (χ0) is 21.8. The summed E-state index contributed by atoms with van der Waals surface area (Å²) in [6.45, 7) is 8.49. The van der Waals surface area contributed by atoms with Gasteiger partial charge in [0.1, 0.15) is 11.8 Å². The van der Waals surface area contributed by atoms with E-state index in [-0.39, 0.29) is 18.4 Å². The zero-order valence-corrected chi connectivity index (χ0v) is 17.2. The van der Waals surface area contributed by atoms with Gasteiger partial charge in [0.15, 0.2) is 0 Å². The molecule has 0 radical (unpaired) electrons. The summed E-state index contributed by atoms with van der Waals surface area (Å²) in [5, 5.41) is 12.5. The van der Waals surface area contributed by atoms with Crippen LogP contribution in [-0.4, -0.2) is 18.4 Å². The number of carbonyl (C=O) groups is 2. The minimum Gasteiger partial charge on any atom is -0.492 e. The fraction of sp³-hybridized carbons (Fsp3) is 0.292. The first-order chi connectivity index (χ1) is 14.3. The van der Waals surface area contributed by atoms with E-state index in [1.165, 1.54) is 5.56 Å². The molecule has 0 aromatic heterocycles. The first-order valence-electron chi connectivity index (χ1n) is 9.92. The van der Waals surface area contributed by atoms with Crippen LogP contribution in [0.5, 0.6) is 5.75 Å². The van der Waals surface area contributed by atoms with Crippen LogP contribution in [-0.2, 0) is 16.0 Å². The van der Waals surface area contributed by atoms with Crippen molar-refractivity contribution in [2.75, 3.05) is 11.9 Å². The molecule has 2 aromatic carbocycles. The molecule has 0 spiro atoms. The lowest BCUT2D eigenvalue weighted by atomic mass is 9.93. The van der Waals surface area contributed by atoms with Gasteiger partial charge in [-0.2, -0.15) is 5.26 Å². The number of fused-ring (bicyclic) bond motifs is 1. The summed E-state index contributed by atoms with van der Waals surface area (Å²) in [5.41, 5.74) is 9.98. The Morgan fingerprint density at radius 2 is 1.97 bits per heavy atom. The average Bonchev–Trinajstić information content (AvgIpc) is 3.21. The van der Waals surface area contributed by atoms with Gasteiger partial charge in [-0.25, -0.2) is 0 Å². The number of anilines is 1. The summed E-state index contributed by atoms with van der Waals surface area (Å²) >= 11 is 0. The van der Waals surface area contributed by atoms with E-state index in [0.717, 1.165) is 16.7 Å². The first kappa shape index (κ1) is 21.1. The molecular weight excluding hydrogens is 378 g/mol. The predicted octanol–water partition coefficient (Wildman–Crippen LogP) is 4.04. The third-order valence-corrected chi connectivity index (χ3v) is 5.22. The highest BCUT2D eigenvalue weighted by molar-refractivity contribution is 6.05. The third-order valence-electron chi connectivity index (χ3n) is 5.22. The van der Waals surface area contributed by atoms with Crippen LogP contribution in [0.1, 0.15) is 49.3 Å². The van der Waals surface area contributed by atoms with Crippen LogP contribution in [0.15, 0.2) is 42.5 Å². The van der Waals surface area contributed by atoms with Crippen molar-refractivity contribution < 1.29 is 14.3 Å². The number of rotatable bonds is 7. The van der Waals surface area contributed by atoms with Gasteiger partial charge in [0.25, 0.3) is 5.91 Å². The molecule has 6 nitrogen and oxygen atoms in total. The lowest BCUT2D eigenvalue weighted by molar-refractivity contribution is -0.118. The molecule has 2 amide bonds. The van der Waals surface area contributed by atoms with E-state index in [9.17, 15) is 14.9 Å². The Labute approximate surface area is 176 Å². The summed E-state index contributed by atoms with van der Waals surface area (Å²) < 4.78 is 5.84. The Morgan fingerprint density at radius 1 is 1.27 bits per heavy atom. The number of hydrogen-bond acceptors (Lipinski definition) is 4. The molecule has 0 saturated heterocycles. The van der Waals surface area contributed by atoms with Crippen LogP contribution in [0.25, 0.3) is 11.1 Å². The molecule has 0 atom stereocenters. The number of benzene rings is 2. The van der Waals surface area contributed by atoms with E-state index in [1.807, 2.05) is 12.1 Å². The molecule has 1 heterocycles. The van der Waals surface area contributed by atoms with Gasteiger partial charge in [-0.15, -0.1) is 0 Å². The standard InChI is InChI=1S/C24H25N3O3/c1-14(2)16-5-7-17(8-6-16)19-12-21(20(13-25)18-10-11-30-23(18)19)27-24(29)15(3)4-9-22(26)28/h5-8,12,14H,3-4,9-11H2,1-2H3,(H2,26,28)(H,27,29). The summed E-state index contributed by atoms with van der Waals surface area (Å²) in [7, 11) is 0. The lowest BCUT2D eigenvalue weighted by Crippen LogP contribution is -2.17. The molecule has 6 heteroatoms. The van der Waals surface area contributed by atoms with Crippen LogP contribution in [0.4, 0.5) is 5.69 Å². The molecule has 0 aliphatic carbocycles. The quantitative estimate of drug-likeness (QED) is 0.681. The fourth-order valence-electron chi connectivity index (χ4n) is 3.47. The topological polar surface area (TPSA) is 105 Å². The molecule has 0 unspecified atom stereocenters. The number of carbonyl (C=O) groups excluding carboxylic acids is 2. The third kappa shape index (κ3) is 4.36. The number of amides is 2. The normalized spacial score (nSPS) is 12.1. The second kappa shape index (κ2) is 8.83.